The third-order valence-corrected chi connectivity index (χ3v) is 6.45. The van der Waals surface area contributed by atoms with Crippen LogP contribution in [-0.2, 0) is 9.59 Å². The number of nitrogens with one attached hydrogen (secondary N) is 1. The summed E-state index contributed by atoms with van der Waals surface area (Å²) >= 11 is 6.02. The Bertz CT molecular complexity index is 895. The Morgan fingerprint density at radius 3 is 2.53 bits per heavy atom. The molecule has 32 heavy (non-hydrogen) atoms. The number of hydrogen-bond donors (Lipinski definition) is 1. The Kier molecular flexibility index (Phi) is 8.98. The number of piperidine rings is 1. The van der Waals surface area contributed by atoms with Crippen molar-refractivity contribution < 1.29 is 14.3 Å². The van der Waals surface area contributed by atoms with Gasteiger partial charge < -0.3 is 15.0 Å². The summed E-state index contributed by atoms with van der Waals surface area (Å²) < 4.78 is 5.71. The second kappa shape index (κ2) is 11.9. The minimum atomic E-state index is -0.0910. The van der Waals surface area contributed by atoms with E-state index in [4.69, 9.17) is 16.3 Å². The summed E-state index contributed by atoms with van der Waals surface area (Å²) in [6, 6.07) is 15.7. The van der Waals surface area contributed by atoms with E-state index in [9.17, 15) is 9.59 Å². The molecule has 1 N–H and O–H groups in total. The normalized spacial score (nSPS) is 15.3. The van der Waals surface area contributed by atoms with E-state index in [1.54, 1.807) is 0 Å². The molecule has 3 rings (SSSR count). The second-order valence-corrected chi connectivity index (χ2v) is 8.81. The quantitative estimate of drug-likeness (QED) is 0.533. The maximum atomic E-state index is 13.0. The smallest absolute Gasteiger partial charge is 0.230 e. The lowest BCUT2D eigenvalue weighted by Gasteiger charge is -2.34. The van der Waals surface area contributed by atoms with Gasteiger partial charge in [0, 0.05) is 30.6 Å². The third-order valence-electron chi connectivity index (χ3n) is 6.03. The van der Waals surface area contributed by atoms with E-state index in [0.29, 0.717) is 32.5 Å². The maximum Gasteiger partial charge on any atom is 0.230 e. The first-order valence-electron chi connectivity index (χ1n) is 11.5. The van der Waals surface area contributed by atoms with E-state index in [0.717, 1.165) is 41.2 Å². The number of nitrogens with zero attached hydrogens (tertiary/aromatic N) is 1. The van der Waals surface area contributed by atoms with Gasteiger partial charge in [0.1, 0.15) is 5.75 Å². The van der Waals surface area contributed by atoms with E-state index < -0.39 is 0 Å². The van der Waals surface area contributed by atoms with Crippen LogP contribution in [0.25, 0.3) is 0 Å². The molecule has 2 amide bonds. The highest BCUT2D eigenvalue weighted by Crippen LogP contribution is 2.24. The molecule has 2 aromatic rings. The van der Waals surface area contributed by atoms with Crippen molar-refractivity contribution in [1.29, 1.82) is 0 Å². The molecule has 0 aromatic heterocycles. The number of ether oxygens (including phenoxy) is 1. The van der Waals surface area contributed by atoms with Gasteiger partial charge in [-0.3, -0.25) is 9.59 Å². The summed E-state index contributed by atoms with van der Waals surface area (Å²) in [6.07, 6.45) is 3.46. The van der Waals surface area contributed by atoms with Gasteiger partial charge in [-0.2, -0.15) is 0 Å². The lowest BCUT2D eigenvalue weighted by atomic mass is 9.93. The third kappa shape index (κ3) is 6.73. The highest BCUT2D eigenvalue weighted by Gasteiger charge is 2.28. The van der Waals surface area contributed by atoms with Crippen molar-refractivity contribution in [3.05, 3.63) is 64.7 Å². The Morgan fingerprint density at radius 1 is 1.16 bits per heavy atom. The molecular formula is C26H33ClN2O3. The maximum absolute atomic E-state index is 13.0. The summed E-state index contributed by atoms with van der Waals surface area (Å²) in [5.74, 6) is 0.913. The summed E-state index contributed by atoms with van der Waals surface area (Å²) in [4.78, 5) is 27.3. The molecule has 2 aromatic carbocycles. The van der Waals surface area contributed by atoms with Gasteiger partial charge in [0.2, 0.25) is 11.8 Å². The standard InChI is InChI=1S/C26H33ClN2O3/c1-3-23(20-8-5-4-6-9-20)26(31)29-15-13-21(14-16-29)28-25(30)10-7-17-32-22-11-12-24(27)19(2)18-22/h4-6,8-9,11-12,18,21,23H,3,7,10,13-17H2,1-2H3,(H,28,30). The molecule has 1 aliphatic heterocycles. The molecule has 0 aliphatic carbocycles. The van der Waals surface area contributed by atoms with Crippen LogP contribution in [0, 0.1) is 6.92 Å². The number of aryl methyl sites for hydroxylation is 1. The zero-order valence-electron chi connectivity index (χ0n) is 19.0. The summed E-state index contributed by atoms with van der Waals surface area (Å²) in [6.45, 7) is 5.85. The molecule has 1 unspecified atom stereocenters. The van der Waals surface area contributed by atoms with E-state index in [1.807, 2.05) is 60.4 Å². The molecule has 1 fully saturated rings. The van der Waals surface area contributed by atoms with Gasteiger partial charge in [0.25, 0.3) is 0 Å². The molecule has 1 aliphatic rings. The van der Waals surface area contributed by atoms with Crippen molar-refractivity contribution in [2.75, 3.05) is 19.7 Å². The van der Waals surface area contributed by atoms with Crippen molar-refractivity contribution >= 4 is 23.4 Å². The molecule has 1 heterocycles. The van der Waals surface area contributed by atoms with Gasteiger partial charge in [-0.25, -0.2) is 0 Å². The SMILES string of the molecule is CCC(C(=O)N1CCC(NC(=O)CCCOc2ccc(Cl)c(C)c2)CC1)c1ccccc1. The van der Waals surface area contributed by atoms with E-state index in [1.165, 1.54) is 0 Å². The Morgan fingerprint density at radius 2 is 1.88 bits per heavy atom. The predicted molar refractivity (Wildman–Crippen MR) is 128 cm³/mol. The monoisotopic (exact) mass is 456 g/mol. The van der Waals surface area contributed by atoms with Crippen LogP contribution in [0.5, 0.6) is 5.75 Å². The number of rotatable bonds is 9. The topological polar surface area (TPSA) is 58.6 Å². The molecule has 1 saturated heterocycles. The number of halogens is 1. The Labute approximate surface area is 196 Å². The van der Waals surface area contributed by atoms with Crippen molar-refractivity contribution in [3.63, 3.8) is 0 Å². The largest absolute Gasteiger partial charge is 0.494 e. The van der Waals surface area contributed by atoms with Crippen LogP contribution >= 0.6 is 11.6 Å². The first-order valence-corrected chi connectivity index (χ1v) is 11.9. The van der Waals surface area contributed by atoms with Gasteiger partial charge in [0.05, 0.1) is 12.5 Å². The molecular weight excluding hydrogens is 424 g/mol. The molecule has 0 bridgehead atoms. The summed E-state index contributed by atoms with van der Waals surface area (Å²) in [5.41, 5.74) is 2.05. The average Bonchev–Trinajstić information content (AvgIpc) is 2.80. The molecule has 1 atom stereocenters. The number of carbonyl (C=O) groups is 2. The van der Waals surface area contributed by atoms with Crippen molar-refractivity contribution in [1.82, 2.24) is 10.2 Å². The van der Waals surface area contributed by atoms with Gasteiger partial charge in [-0.1, -0.05) is 48.9 Å². The highest BCUT2D eigenvalue weighted by molar-refractivity contribution is 6.31. The van der Waals surface area contributed by atoms with Crippen molar-refractivity contribution in [2.45, 2.75) is 57.9 Å². The number of amides is 2. The van der Waals surface area contributed by atoms with Gasteiger partial charge in [0.15, 0.2) is 0 Å². The lowest BCUT2D eigenvalue weighted by molar-refractivity contribution is -0.134. The minimum absolute atomic E-state index is 0.0429. The van der Waals surface area contributed by atoms with Gasteiger partial charge >= 0.3 is 0 Å². The number of carbonyl (C=O) groups excluding carboxylic acids is 2. The van der Waals surface area contributed by atoms with Crippen LogP contribution in [0.3, 0.4) is 0 Å². The second-order valence-electron chi connectivity index (χ2n) is 8.40. The van der Waals surface area contributed by atoms with E-state index in [2.05, 4.69) is 12.2 Å². The van der Waals surface area contributed by atoms with Crippen molar-refractivity contribution in [2.24, 2.45) is 0 Å². The van der Waals surface area contributed by atoms with Crippen LogP contribution in [0.4, 0.5) is 0 Å². The van der Waals surface area contributed by atoms with Gasteiger partial charge in [-0.15, -0.1) is 0 Å². The van der Waals surface area contributed by atoms with Crippen LogP contribution in [0.1, 0.15) is 56.1 Å². The fraction of sp³-hybridized carbons (Fsp3) is 0.462. The number of likely N-dealkylation sites (tertiary alicyclic amines) is 1. The summed E-state index contributed by atoms with van der Waals surface area (Å²) in [7, 11) is 0. The predicted octanol–water partition coefficient (Wildman–Crippen LogP) is 5.11. The fourth-order valence-corrected chi connectivity index (χ4v) is 4.25. The highest BCUT2D eigenvalue weighted by atomic mass is 35.5. The molecule has 172 valence electrons. The van der Waals surface area contributed by atoms with Crippen LogP contribution in [0.2, 0.25) is 5.02 Å². The van der Waals surface area contributed by atoms with E-state index in [-0.39, 0.29) is 23.8 Å². The fourth-order valence-electron chi connectivity index (χ4n) is 4.13. The molecule has 5 nitrogen and oxygen atoms in total. The molecule has 0 radical (unpaired) electrons. The van der Waals surface area contributed by atoms with Crippen LogP contribution in [0.15, 0.2) is 48.5 Å². The average molecular weight is 457 g/mol. The lowest BCUT2D eigenvalue weighted by Crippen LogP contribution is -2.47. The van der Waals surface area contributed by atoms with Crippen LogP contribution in [-0.4, -0.2) is 42.5 Å². The Hall–Kier alpha value is -2.53. The Balaban J connectivity index is 1.36. The zero-order valence-corrected chi connectivity index (χ0v) is 19.7. The van der Waals surface area contributed by atoms with E-state index >= 15 is 0 Å². The first kappa shape index (κ1) is 24.1. The first-order chi connectivity index (χ1) is 15.5. The molecule has 0 saturated carbocycles. The van der Waals surface area contributed by atoms with Gasteiger partial charge in [-0.05, 0) is 61.9 Å². The summed E-state index contributed by atoms with van der Waals surface area (Å²) in [5, 5.41) is 3.84. The van der Waals surface area contributed by atoms with Crippen LogP contribution < -0.4 is 10.1 Å². The van der Waals surface area contributed by atoms with Crippen molar-refractivity contribution in [3.8, 4) is 5.75 Å². The number of hydrogen-bond acceptors (Lipinski definition) is 3. The molecule has 0 spiro atoms. The molecule has 6 heteroatoms. The zero-order chi connectivity index (χ0) is 22.9. The number of benzene rings is 2. The minimum Gasteiger partial charge on any atom is -0.494 e.